The first-order valence-electron chi connectivity index (χ1n) is 9.06. The molecule has 5 nitrogen and oxygen atoms in total. The van der Waals surface area contributed by atoms with Gasteiger partial charge < -0.3 is 0 Å². The topological polar surface area (TPSA) is 46.3 Å². The number of hydrazone groups is 1. The van der Waals surface area contributed by atoms with Crippen LogP contribution in [-0.2, 0) is 0 Å². The summed E-state index contributed by atoms with van der Waals surface area (Å²) in [4.78, 5) is 4.18. The average molecular weight is 387 g/mol. The first-order valence-corrected chi connectivity index (χ1v) is 9.43. The zero-order chi connectivity index (χ0) is 18.9. The average Bonchev–Trinajstić information content (AvgIpc) is 3.48. The Morgan fingerprint density at radius 3 is 2.43 bits per heavy atom. The lowest BCUT2D eigenvalue weighted by molar-refractivity contribution is 0.483. The van der Waals surface area contributed by atoms with E-state index in [2.05, 4.69) is 46.1 Å². The van der Waals surface area contributed by atoms with E-state index in [1.54, 1.807) is 12.7 Å². The summed E-state index contributed by atoms with van der Waals surface area (Å²) in [5.74, 6) is 1.07. The standard InChI is InChI=1S/C22H17ClN5/c23-18-10-6-9-17(13-18)21-22(27-15-24-14-25-27)20(16-7-4-5-8-16)26-28(21)19-11-2-1-3-12-19/h1-15,21-22H/t21-,22+/m0/s1. The fourth-order valence-corrected chi connectivity index (χ4v) is 3.94. The minimum atomic E-state index is -0.136. The molecule has 137 valence electrons. The minimum Gasteiger partial charge on any atom is -0.255 e. The molecule has 1 fully saturated rings. The van der Waals surface area contributed by atoms with Crippen LogP contribution in [0.5, 0.6) is 0 Å². The van der Waals surface area contributed by atoms with Gasteiger partial charge in [-0.15, -0.1) is 0 Å². The molecule has 1 aliphatic heterocycles. The predicted molar refractivity (Wildman–Crippen MR) is 110 cm³/mol. The van der Waals surface area contributed by atoms with Gasteiger partial charge in [0, 0.05) is 10.9 Å². The smallest absolute Gasteiger partial charge is 0.137 e. The largest absolute Gasteiger partial charge is 0.255 e. The number of rotatable bonds is 4. The van der Waals surface area contributed by atoms with Crippen molar-refractivity contribution in [3.63, 3.8) is 0 Å². The molecule has 1 aromatic heterocycles. The molecule has 2 heterocycles. The summed E-state index contributed by atoms with van der Waals surface area (Å²) in [6, 6.07) is 17.9. The van der Waals surface area contributed by atoms with Gasteiger partial charge in [0.05, 0.1) is 11.4 Å². The molecule has 5 radical (unpaired) electrons. The van der Waals surface area contributed by atoms with Gasteiger partial charge in [0.25, 0.3) is 0 Å². The second-order valence-corrected chi connectivity index (χ2v) is 7.10. The van der Waals surface area contributed by atoms with Crippen molar-refractivity contribution in [3.8, 4) is 0 Å². The van der Waals surface area contributed by atoms with Crippen molar-refractivity contribution in [2.75, 3.05) is 5.01 Å². The molecule has 3 aromatic rings. The molecule has 28 heavy (non-hydrogen) atoms. The molecule has 0 spiro atoms. The van der Waals surface area contributed by atoms with Crippen LogP contribution >= 0.6 is 11.6 Å². The molecule has 2 aromatic carbocycles. The van der Waals surface area contributed by atoms with Gasteiger partial charge in [0.1, 0.15) is 24.7 Å². The van der Waals surface area contributed by atoms with Crippen LogP contribution in [0.1, 0.15) is 17.6 Å². The third-order valence-electron chi connectivity index (χ3n) is 4.95. The van der Waals surface area contributed by atoms with Crippen LogP contribution in [-0.4, -0.2) is 20.5 Å². The quantitative estimate of drug-likeness (QED) is 0.663. The maximum atomic E-state index is 6.33. The van der Waals surface area contributed by atoms with Crippen molar-refractivity contribution in [1.29, 1.82) is 0 Å². The molecule has 5 rings (SSSR count). The maximum Gasteiger partial charge on any atom is 0.137 e. The van der Waals surface area contributed by atoms with Crippen molar-refractivity contribution in [2.45, 2.75) is 12.1 Å². The number of hydrogen-bond donors (Lipinski definition) is 0. The van der Waals surface area contributed by atoms with E-state index in [1.165, 1.54) is 0 Å². The number of anilines is 1. The van der Waals surface area contributed by atoms with Crippen molar-refractivity contribution < 1.29 is 0 Å². The number of halogens is 1. The van der Waals surface area contributed by atoms with Gasteiger partial charge >= 0.3 is 0 Å². The van der Waals surface area contributed by atoms with Crippen LogP contribution in [0.15, 0.2) is 72.4 Å². The maximum absolute atomic E-state index is 6.33. The van der Waals surface area contributed by atoms with E-state index >= 15 is 0 Å². The molecule has 1 aliphatic carbocycles. The molecule has 6 heteroatoms. The van der Waals surface area contributed by atoms with Gasteiger partial charge in [-0.05, 0) is 55.5 Å². The summed E-state index contributed by atoms with van der Waals surface area (Å²) in [6.45, 7) is 0. The Labute approximate surface area is 169 Å². The lowest BCUT2D eigenvalue weighted by atomic mass is 9.89. The van der Waals surface area contributed by atoms with Crippen LogP contribution in [0.4, 0.5) is 5.69 Å². The van der Waals surface area contributed by atoms with Crippen molar-refractivity contribution in [1.82, 2.24) is 14.8 Å². The second kappa shape index (κ2) is 7.40. The zero-order valence-electron chi connectivity index (χ0n) is 14.9. The first kappa shape index (κ1) is 17.4. The Kier molecular flexibility index (Phi) is 4.61. The van der Waals surface area contributed by atoms with Crippen LogP contribution in [0.25, 0.3) is 0 Å². The monoisotopic (exact) mass is 386 g/mol. The highest BCUT2D eigenvalue weighted by Gasteiger charge is 2.44. The molecular formula is C22H17ClN5. The van der Waals surface area contributed by atoms with Gasteiger partial charge in [-0.25, -0.2) is 9.67 Å². The highest BCUT2D eigenvalue weighted by Crippen LogP contribution is 2.45. The fraction of sp³-hybridized carbons (Fsp3) is 0.0909. The van der Waals surface area contributed by atoms with E-state index in [0.29, 0.717) is 5.02 Å². The molecule has 2 atom stereocenters. The highest BCUT2D eigenvalue weighted by molar-refractivity contribution is 6.30. The van der Waals surface area contributed by atoms with Gasteiger partial charge in [-0.2, -0.15) is 10.2 Å². The SMILES string of the molecule is Clc1cccc([C@H]2[C@H](n3cncn3)C([C]3[CH][CH][CH][CH]3)=NN2c2ccccc2)c1. The second-order valence-electron chi connectivity index (χ2n) is 6.66. The Morgan fingerprint density at radius 1 is 0.893 bits per heavy atom. The lowest BCUT2D eigenvalue weighted by Crippen LogP contribution is -2.30. The van der Waals surface area contributed by atoms with E-state index in [0.717, 1.165) is 22.9 Å². The zero-order valence-corrected chi connectivity index (χ0v) is 15.7. The first-order chi connectivity index (χ1) is 13.8. The molecule has 0 saturated heterocycles. The molecule has 0 unspecified atom stereocenters. The van der Waals surface area contributed by atoms with Crippen molar-refractivity contribution in [3.05, 3.63) is 109 Å². The third-order valence-corrected chi connectivity index (χ3v) is 5.18. The molecule has 2 aliphatic rings. The summed E-state index contributed by atoms with van der Waals surface area (Å²) in [6.07, 6.45) is 11.5. The number of benzene rings is 2. The van der Waals surface area contributed by atoms with E-state index < -0.39 is 0 Å². The van der Waals surface area contributed by atoms with Gasteiger partial charge in [-0.3, -0.25) is 5.01 Å². The van der Waals surface area contributed by atoms with E-state index in [-0.39, 0.29) is 12.1 Å². The molecule has 0 bridgehead atoms. The van der Waals surface area contributed by atoms with E-state index in [9.17, 15) is 0 Å². The van der Waals surface area contributed by atoms with Gasteiger partial charge in [0.2, 0.25) is 0 Å². The summed E-state index contributed by atoms with van der Waals surface area (Å²) in [7, 11) is 0. The Bertz CT molecular complexity index is 964. The van der Waals surface area contributed by atoms with Crippen LogP contribution in [0.2, 0.25) is 5.02 Å². The summed E-state index contributed by atoms with van der Waals surface area (Å²) >= 11 is 6.33. The minimum absolute atomic E-state index is 0.104. The van der Waals surface area contributed by atoms with Gasteiger partial charge in [-0.1, -0.05) is 41.9 Å². The summed E-state index contributed by atoms with van der Waals surface area (Å²) in [5.41, 5.74) is 3.03. The Hall–Kier alpha value is -2.66. The Balaban J connectivity index is 1.67. The van der Waals surface area contributed by atoms with Crippen LogP contribution in [0.3, 0.4) is 0 Å². The Morgan fingerprint density at radius 2 is 1.71 bits per heavy atom. The van der Waals surface area contributed by atoms with Crippen molar-refractivity contribution in [2.24, 2.45) is 5.10 Å². The normalized spacial score (nSPS) is 22.6. The predicted octanol–water partition coefficient (Wildman–Crippen LogP) is 4.50. The lowest BCUT2D eigenvalue weighted by Gasteiger charge is -2.29. The fourth-order valence-electron chi connectivity index (χ4n) is 3.74. The number of aromatic nitrogens is 3. The van der Waals surface area contributed by atoms with E-state index in [4.69, 9.17) is 16.7 Å². The third kappa shape index (κ3) is 3.10. The summed E-state index contributed by atoms with van der Waals surface area (Å²) in [5, 5.41) is 12.2. The van der Waals surface area contributed by atoms with Gasteiger partial charge in [0.15, 0.2) is 0 Å². The number of nitrogens with zero attached hydrogens (tertiary/aromatic N) is 5. The molecular weight excluding hydrogens is 370 g/mol. The molecule has 0 N–H and O–H groups in total. The number of para-hydroxylation sites is 1. The number of hydrogen-bond acceptors (Lipinski definition) is 4. The summed E-state index contributed by atoms with van der Waals surface area (Å²) < 4.78 is 1.88. The highest BCUT2D eigenvalue weighted by atomic mass is 35.5. The molecule has 0 amide bonds. The van der Waals surface area contributed by atoms with Crippen LogP contribution < -0.4 is 5.01 Å². The van der Waals surface area contributed by atoms with Crippen LogP contribution in [0, 0.1) is 31.6 Å². The van der Waals surface area contributed by atoms with Crippen molar-refractivity contribution >= 4 is 23.0 Å². The molecule has 1 saturated carbocycles. The van der Waals surface area contributed by atoms with E-state index in [1.807, 2.05) is 53.9 Å².